The molecule has 134 valence electrons. The third-order valence-corrected chi connectivity index (χ3v) is 4.39. The lowest BCUT2D eigenvalue weighted by Gasteiger charge is -2.26. The van der Waals surface area contributed by atoms with E-state index >= 15 is 0 Å². The molecule has 0 saturated carbocycles. The summed E-state index contributed by atoms with van der Waals surface area (Å²) in [5.74, 6) is -1.10. The maximum Gasteiger partial charge on any atom is 0.225 e. The molecule has 1 aromatic carbocycles. The molecule has 5 nitrogen and oxygen atoms in total. The Hall–Kier alpha value is -2.28. The second-order valence-electron chi connectivity index (χ2n) is 6.35. The molecule has 2 N–H and O–H groups in total. The third-order valence-electron chi connectivity index (χ3n) is 4.39. The highest BCUT2D eigenvalue weighted by atomic mass is 19.1. The van der Waals surface area contributed by atoms with Crippen LogP contribution in [-0.2, 0) is 4.79 Å². The number of piperidine rings is 1. The molecule has 0 unspecified atom stereocenters. The molecule has 7 heteroatoms. The standard InChI is InChI=1S/C18H22F2N4O/c19-13-6-7-14(15(20)11-13)16-12-17(23-22-16)21-18(25)5-4-10-24-8-2-1-3-9-24/h6-7,11-12H,1-5,8-10H2,(H2,21,22,23,25). The second-order valence-corrected chi connectivity index (χ2v) is 6.35. The van der Waals surface area contributed by atoms with Gasteiger partial charge in [0.15, 0.2) is 5.82 Å². The van der Waals surface area contributed by atoms with Gasteiger partial charge in [0.1, 0.15) is 11.6 Å². The van der Waals surface area contributed by atoms with Crippen LogP contribution in [0.3, 0.4) is 0 Å². The van der Waals surface area contributed by atoms with E-state index in [1.165, 1.54) is 31.4 Å². The minimum Gasteiger partial charge on any atom is -0.309 e. The highest BCUT2D eigenvalue weighted by Gasteiger charge is 2.13. The lowest BCUT2D eigenvalue weighted by Crippen LogP contribution is -2.31. The monoisotopic (exact) mass is 348 g/mol. The van der Waals surface area contributed by atoms with Crippen molar-refractivity contribution in [3.63, 3.8) is 0 Å². The number of halogens is 2. The lowest BCUT2D eigenvalue weighted by molar-refractivity contribution is -0.116. The first-order valence-electron chi connectivity index (χ1n) is 8.65. The number of benzene rings is 1. The molecule has 0 aliphatic carbocycles. The number of aromatic amines is 1. The van der Waals surface area contributed by atoms with Crippen molar-refractivity contribution in [1.82, 2.24) is 15.1 Å². The van der Waals surface area contributed by atoms with Gasteiger partial charge in [0, 0.05) is 24.1 Å². The smallest absolute Gasteiger partial charge is 0.225 e. The first kappa shape index (κ1) is 17.5. The van der Waals surface area contributed by atoms with Crippen LogP contribution in [0.5, 0.6) is 0 Å². The summed E-state index contributed by atoms with van der Waals surface area (Å²) in [4.78, 5) is 14.4. The molecule has 1 amide bonds. The average molecular weight is 348 g/mol. The molecule has 1 aliphatic rings. The summed E-state index contributed by atoms with van der Waals surface area (Å²) in [6.07, 6.45) is 5.00. The number of amides is 1. The zero-order valence-electron chi connectivity index (χ0n) is 14.0. The fourth-order valence-corrected chi connectivity index (χ4v) is 3.08. The van der Waals surface area contributed by atoms with Crippen LogP contribution in [0.1, 0.15) is 32.1 Å². The van der Waals surface area contributed by atoms with E-state index in [4.69, 9.17) is 0 Å². The van der Waals surface area contributed by atoms with Crippen LogP contribution in [0, 0.1) is 11.6 Å². The summed E-state index contributed by atoms with van der Waals surface area (Å²) in [6, 6.07) is 4.87. The van der Waals surface area contributed by atoms with Gasteiger partial charge >= 0.3 is 0 Å². The fraction of sp³-hybridized carbons (Fsp3) is 0.444. The van der Waals surface area contributed by atoms with Gasteiger partial charge in [0.25, 0.3) is 0 Å². The van der Waals surface area contributed by atoms with E-state index in [9.17, 15) is 13.6 Å². The van der Waals surface area contributed by atoms with E-state index in [2.05, 4.69) is 20.4 Å². The van der Waals surface area contributed by atoms with E-state index in [-0.39, 0.29) is 11.5 Å². The van der Waals surface area contributed by atoms with Crippen LogP contribution in [0.15, 0.2) is 24.3 Å². The molecular formula is C18H22F2N4O. The van der Waals surface area contributed by atoms with Crippen molar-refractivity contribution in [1.29, 1.82) is 0 Å². The number of hydrogen-bond donors (Lipinski definition) is 2. The van der Waals surface area contributed by atoms with Crippen LogP contribution in [0.25, 0.3) is 11.3 Å². The quantitative estimate of drug-likeness (QED) is 0.839. The summed E-state index contributed by atoms with van der Waals surface area (Å²) in [5, 5.41) is 9.33. The van der Waals surface area contributed by atoms with Crippen molar-refractivity contribution in [2.45, 2.75) is 32.1 Å². The molecule has 1 aliphatic heterocycles. The number of H-pyrrole nitrogens is 1. The SMILES string of the molecule is O=C(CCCN1CCCCC1)Nc1cc(-c2ccc(F)cc2F)[nH]n1. The number of hydrogen-bond acceptors (Lipinski definition) is 3. The molecule has 1 aromatic heterocycles. The van der Waals surface area contributed by atoms with E-state index in [0.717, 1.165) is 32.1 Å². The highest BCUT2D eigenvalue weighted by Crippen LogP contribution is 2.23. The number of carbonyl (C=O) groups excluding carboxylic acids is 1. The van der Waals surface area contributed by atoms with Crippen molar-refractivity contribution >= 4 is 11.7 Å². The molecule has 0 spiro atoms. The van der Waals surface area contributed by atoms with Gasteiger partial charge in [0.2, 0.25) is 5.91 Å². The summed E-state index contributed by atoms with van der Waals surface area (Å²) < 4.78 is 26.7. The molecule has 2 aromatic rings. The number of likely N-dealkylation sites (tertiary alicyclic amines) is 1. The molecule has 0 atom stereocenters. The Kier molecular flexibility index (Phi) is 5.75. The third kappa shape index (κ3) is 4.85. The summed E-state index contributed by atoms with van der Waals surface area (Å²) in [7, 11) is 0. The van der Waals surface area contributed by atoms with Gasteiger partial charge in [-0.2, -0.15) is 5.10 Å². The molecule has 25 heavy (non-hydrogen) atoms. The van der Waals surface area contributed by atoms with Gasteiger partial charge in [-0.1, -0.05) is 6.42 Å². The number of carbonyl (C=O) groups is 1. The van der Waals surface area contributed by atoms with Crippen molar-refractivity contribution in [3.05, 3.63) is 35.9 Å². The molecule has 1 fully saturated rings. The van der Waals surface area contributed by atoms with E-state index in [1.54, 1.807) is 6.07 Å². The summed E-state index contributed by atoms with van der Waals surface area (Å²) >= 11 is 0. The first-order chi connectivity index (χ1) is 12.1. The van der Waals surface area contributed by atoms with Gasteiger partial charge in [-0.15, -0.1) is 0 Å². The molecule has 0 radical (unpaired) electrons. The van der Waals surface area contributed by atoms with E-state index in [1.807, 2.05) is 0 Å². The fourth-order valence-electron chi connectivity index (χ4n) is 3.08. The van der Waals surface area contributed by atoms with E-state index < -0.39 is 11.6 Å². The average Bonchev–Trinajstić information content (AvgIpc) is 3.04. The Balaban J connectivity index is 1.49. The van der Waals surface area contributed by atoms with Gasteiger partial charge < -0.3 is 10.2 Å². The largest absolute Gasteiger partial charge is 0.309 e. The number of nitrogens with one attached hydrogen (secondary N) is 2. The van der Waals surface area contributed by atoms with E-state index in [0.29, 0.717) is 17.9 Å². The molecule has 0 bridgehead atoms. The van der Waals surface area contributed by atoms with Crippen molar-refractivity contribution < 1.29 is 13.6 Å². The first-order valence-corrected chi connectivity index (χ1v) is 8.65. The Bertz CT molecular complexity index is 726. The summed E-state index contributed by atoms with van der Waals surface area (Å²) in [6.45, 7) is 3.17. The predicted octanol–water partition coefficient (Wildman–Crippen LogP) is 3.56. The number of rotatable bonds is 6. The van der Waals surface area contributed by atoms with Gasteiger partial charge in [0.05, 0.1) is 5.69 Å². The summed E-state index contributed by atoms with van der Waals surface area (Å²) in [5.41, 5.74) is 0.598. The number of nitrogens with zero attached hydrogens (tertiary/aromatic N) is 2. The molecule has 2 heterocycles. The van der Waals surface area contributed by atoms with Crippen LogP contribution >= 0.6 is 0 Å². The molecule has 3 rings (SSSR count). The predicted molar refractivity (Wildman–Crippen MR) is 92.1 cm³/mol. The topological polar surface area (TPSA) is 61.0 Å². The zero-order valence-corrected chi connectivity index (χ0v) is 14.0. The van der Waals surface area contributed by atoms with Crippen LogP contribution in [-0.4, -0.2) is 40.6 Å². The second kappa shape index (κ2) is 8.20. The number of anilines is 1. The van der Waals surface area contributed by atoms with Gasteiger partial charge in [-0.3, -0.25) is 9.89 Å². The van der Waals surface area contributed by atoms with Crippen molar-refractivity contribution in [2.75, 3.05) is 25.0 Å². The molecular weight excluding hydrogens is 326 g/mol. The van der Waals surface area contributed by atoms with Crippen LogP contribution in [0.2, 0.25) is 0 Å². The lowest BCUT2D eigenvalue weighted by atomic mass is 10.1. The Morgan fingerprint density at radius 1 is 1.20 bits per heavy atom. The van der Waals surface area contributed by atoms with Crippen LogP contribution in [0.4, 0.5) is 14.6 Å². The zero-order chi connectivity index (χ0) is 17.6. The Labute approximate surface area is 145 Å². The van der Waals surface area contributed by atoms with Gasteiger partial charge in [-0.05, 0) is 51.0 Å². The van der Waals surface area contributed by atoms with Crippen molar-refractivity contribution in [2.24, 2.45) is 0 Å². The maximum atomic E-state index is 13.8. The minimum absolute atomic E-state index is 0.116. The molecule has 1 saturated heterocycles. The van der Waals surface area contributed by atoms with Crippen LogP contribution < -0.4 is 5.32 Å². The maximum absolute atomic E-state index is 13.8. The Morgan fingerprint density at radius 3 is 2.76 bits per heavy atom. The Morgan fingerprint density at radius 2 is 2.00 bits per heavy atom. The van der Waals surface area contributed by atoms with Gasteiger partial charge in [-0.25, -0.2) is 8.78 Å². The number of aromatic nitrogens is 2. The normalized spacial score (nSPS) is 15.3. The highest BCUT2D eigenvalue weighted by molar-refractivity contribution is 5.90. The van der Waals surface area contributed by atoms with Crippen molar-refractivity contribution in [3.8, 4) is 11.3 Å². The minimum atomic E-state index is -0.678.